The summed E-state index contributed by atoms with van der Waals surface area (Å²) in [7, 11) is 0. The number of hydrogen-bond donors (Lipinski definition) is 1. The van der Waals surface area contributed by atoms with E-state index in [2.05, 4.69) is 27.9 Å². The topological polar surface area (TPSA) is 52.2 Å². The molecule has 2 rings (SSSR count). The van der Waals surface area contributed by atoms with Crippen LogP contribution < -0.4 is 5.32 Å². The molecule has 1 N–H and O–H groups in total. The molecule has 2 unspecified atom stereocenters. The van der Waals surface area contributed by atoms with Crippen molar-refractivity contribution in [1.82, 2.24) is 10.4 Å². The van der Waals surface area contributed by atoms with Gasteiger partial charge in [-0.3, -0.25) is 4.79 Å². The van der Waals surface area contributed by atoms with Gasteiger partial charge in [-0.25, -0.2) is 0 Å². The lowest BCUT2D eigenvalue weighted by Crippen LogP contribution is -2.52. The summed E-state index contributed by atoms with van der Waals surface area (Å²) in [5, 5.41) is 16.5. The fraction of sp³-hybridized carbons (Fsp3) is 0.562. The highest BCUT2D eigenvalue weighted by molar-refractivity contribution is 14.1. The summed E-state index contributed by atoms with van der Waals surface area (Å²) in [6, 6.07) is 9.54. The van der Waals surface area contributed by atoms with Gasteiger partial charge >= 0.3 is 0 Å². The summed E-state index contributed by atoms with van der Waals surface area (Å²) in [6.45, 7) is 7.63. The van der Waals surface area contributed by atoms with E-state index in [9.17, 15) is 10.0 Å². The van der Waals surface area contributed by atoms with Gasteiger partial charge in [0, 0.05) is 5.54 Å². The SMILES string of the molecule is CC1(C)CC(NC(=O)C(I)c2ccccc2)C(C)(C)N1[O]. The second-order valence-corrected chi connectivity index (χ2v) is 8.04. The van der Waals surface area contributed by atoms with Gasteiger partial charge < -0.3 is 5.32 Å². The first-order valence-corrected chi connectivity index (χ1v) is 8.37. The molecule has 1 amide bonds. The molecule has 115 valence electrons. The first-order chi connectivity index (χ1) is 9.66. The van der Waals surface area contributed by atoms with Gasteiger partial charge in [-0.2, -0.15) is 0 Å². The third kappa shape index (κ3) is 3.24. The normalized spacial score (nSPS) is 25.5. The molecular weight excluding hydrogens is 379 g/mol. The predicted molar refractivity (Wildman–Crippen MR) is 90.4 cm³/mol. The van der Waals surface area contributed by atoms with Crippen molar-refractivity contribution in [3.63, 3.8) is 0 Å². The molecule has 4 nitrogen and oxygen atoms in total. The smallest absolute Gasteiger partial charge is 0.237 e. The number of nitrogens with zero attached hydrogens (tertiary/aromatic N) is 1. The number of hydrogen-bond acceptors (Lipinski definition) is 2. The highest BCUT2D eigenvalue weighted by atomic mass is 127. The Hall–Kier alpha value is -0.660. The van der Waals surface area contributed by atoms with Gasteiger partial charge in [0.2, 0.25) is 5.91 Å². The van der Waals surface area contributed by atoms with Crippen molar-refractivity contribution in [3.8, 4) is 0 Å². The Kier molecular flexibility index (Phi) is 4.66. The number of rotatable bonds is 3. The molecule has 1 aliphatic heterocycles. The van der Waals surface area contributed by atoms with E-state index >= 15 is 0 Å². The third-order valence-electron chi connectivity index (χ3n) is 4.27. The Balaban J connectivity index is 2.10. The summed E-state index contributed by atoms with van der Waals surface area (Å²) in [5.41, 5.74) is -0.0640. The molecule has 0 aliphatic carbocycles. The number of alkyl halides is 1. The highest BCUT2D eigenvalue weighted by Crippen LogP contribution is 2.39. The van der Waals surface area contributed by atoms with Crippen LogP contribution in [0.1, 0.15) is 43.6 Å². The van der Waals surface area contributed by atoms with Gasteiger partial charge in [-0.05, 0) is 39.7 Å². The quantitative estimate of drug-likeness (QED) is 0.625. The van der Waals surface area contributed by atoms with Crippen molar-refractivity contribution < 1.29 is 10.0 Å². The highest BCUT2D eigenvalue weighted by Gasteiger charge is 2.53. The minimum absolute atomic E-state index is 0.0361. The summed E-state index contributed by atoms with van der Waals surface area (Å²) in [4.78, 5) is 12.5. The van der Waals surface area contributed by atoms with Crippen LogP contribution in [0.5, 0.6) is 0 Å². The maximum atomic E-state index is 12.5. The predicted octanol–water partition coefficient (Wildman–Crippen LogP) is 3.26. The van der Waals surface area contributed by atoms with E-state index in [-0.39, 0.29) is 15.9 Å². The number of benzene rings is 1. The molecule has 0 spiro atoms. The molecule has 1 radical (unpaired) electrons. The molecule has 1 saturated heterocycles. The molecule has 1 aromatic carbocycles. The lowest BCUT2D eigenvalue weighted by molar-refractivity contribution is -0.246. The molecule has 1 aliphatic rings. The van der Waals surface area contributed by atoms with E-state index in [0.717, 1.165) is 10.6 Å². The van der Waals surface area contributed by atoms with E-state index < -0.39 is 11.1 Å². The lowest BCUT2D eigenvalue weighted by atomic mass is 9.94. The zero-order valence-corrected chi connectivity index (χ0v) is 15.0. The van der Waals surface area contributed by atoms with Gasteiger partial charge in [-0.15, -0.1) is 10.3 Å². The molecule has 0 saturated carbocycles. The standard InChI is InChI=1S/C16H22IN2O2/c1-15(2)10-12(16(3,4)19(15)21)18-14(20)13(17)11-8-6-5-7-9-11/h5-9,12-13H,10H2,1-4H3,(H,18,20). The van der Waals surface area contributed by atoms with E-state index in [0.29, 0.717) is 6.42 Å². The van der Waals surface area contributed by atoms with Crippen LogP contribution in [0.3, 0.4) is 0 Å². The van der Waals surface area contributed by atoms with Crippen molar-refractivity contribution in [2.45, 2.75) is 55.2 Å². The minimum atomic E-state index is -0.591. The van der Waals surface area contributed by atoms with Gasteiger partial charge in [0.25, 0.3) is 0 Å². The Morgan fingerprint density at radius 2 is 1.86 bits per heavy atom. The fourth-order valence-corrected chi connectivity index (χ4v) is 3.59. The lowest BCUT2D eigenvalue weighted by Gasteiger charge is -2.34. The first-order valence-electron chi connectivity index (χ1n) is 7.13. The molecule has 2 atom stereocenters. The average Bonchev–Trinajstić information content (AvgIpc) is 2.59. The zero-order chi connectivity index (χ0) is 15.8. The van der Waals surface area contributed by atoms with E-state index in [1.165, 1.54) is 0 Å². The van der Waals surface area contributed by atoms with E-state index in [1.807, 2.05) is 58.0 Å². The maximum absolute atomic E-state index is 12.5. The number of carbonyl (C=O) groups is 1. The van der Waals surface area contributed by atoms with Crippen molar-refractivity contribution >= 4 is 28.5 Å². The molecule has 1 aromatic rings. The summed E-state index contributed by atoms with van der Waals surface area (Å²) >= 11 is 2.14. The second kappa shape index (κ2) is 5.85. The van der Waals surface area contributed by atoms with Crippen molar-refractivity contribution in [2.75, 3.05) is 0 Å². The van der Waals surface area contributed by atoms with Crippen LogP contribution in [-0.4, -0.2) is 28.1 Å². The summed E-state index contributed by atoms with van der Waals surface area (Å²) in [6.07, 6.45) is 0.660. The van der Waals surface area contributed by atoms with Crippen LogP contribution >= 0.6 is 22.6 Å². The van der Waals surface area contributed by atoms with E-state index in [1.54, 1.807) is 0 Å². The van der Waals surface area contributed by atoms with Crippen molar-refractivity contribution in [3.05, 3.63) is 35.9 Å². The Labute approximate surface area is 140 Å². The van der Waals surface area contributed by atoms with Gasteiger partial charge in [-0.1, -0.05) is 52.9 Å². The van der Waals surface area contributed by atoms with Crippen LogP contribution in [0, 0.1) is 0 Å². The van der Waals surface area contributed by atoms with Crippen LogP contribution in [0.4, 0.5) is 0 Å². The molecule has 5 heteroatoms. The van der Waals surface area contributed by atoms with Crippen LogP contribution in [0.2, 0.25) is 0 Å². The molecule has 0 aromatic heterocycles. The molecular formula is C16H22IN2O2. The van der Waals surface area contributed by atoms with Crippen LogP contribution in [0.25, 0.3) is 0 Å². The molecule has 0 bridgehead atoms. The Bertz CT molecular complexity index is 516. The maximum Gasteiger partial charge on any atom is 0.237 e. The fourth-order valence-electron chi connectivity index (χ4n) is 3.00. The second-order valence-electron chi connectivity index (χ2n) is 6.80. The first kappa shape index (κ1) is 16.7. The van der Waals surface area contributed by atoms with E-state index in [4.69, 9.17) is 0 Å². The van der Waals surface area contributed by atoms with Crippen LogP contribution in [-0.2, 0) is 10.0 Å². The third-order valence-corrected chi connectivity index (χ3v) is 5.55. The summed E-state index contributed by atoms with van der Waals surface area (Å²) in [5.74, 6) is -0.0361. The number of hydroxylamine groups is 2. The minimum Gasteiger partial charge on any atom is -0.350 e. The van der Waals surface area contributed by atoms with Gasteiger partial charge in [0.1, 0.15) is 3.92 Å². The molecule has 21 heavy (non-hydrogen) atoms. The zero-order valence-electron chi connectivity index (χ0n) is 12.9. The van der Waals surface area contributed by atoms with Gasteiger partial charge in [0.05, 0.1) is 11.6 Å². The van der Waals surface area contributed by atoms with Crippen molar-refractivity contribution in [1.29, 1.82) is 0 Å². The Morgan fingerprint density at radius 1 is 1.29 bits per heavy atom. The number of halogens is 1. The summed E-state index contributed by atoms with van der Waals surface area (Å²) < 4.78 is -0.247. The average molecular weight is 401 g/mol. The number of amides is 1. The Morgan fingerprint density at radius 3 is 2.33 bits per heavy atom. The molecule has 1 heterocycles. The van der Waals surface area contributed by atoms with Gasteiger partial charge in [0.15, 0.2) is 0 Å². The monoisotopic (exact) mass is 401 g/mol. The number of carbonyl (C=O) groups excluding carboxylic acids is 1. The van der Waals surface area contributed by atoms with Crippen molar-refractivity contribution in [2.24, 2.45) is 0 Å². The largest absolute Gasteiger partial charge is 0.350 e. The van der Waals surface area contributed by atoms with Crippen LogP contribution in [0.15, 0.2) is 30.3 Å². The molecule has 1 fully saturated rings. The number of nitrogens with one attached hydrogen (secondary N) is 1.